The molecule has 2 aromatic rings. The first-order chi connectivity index (χ1) is 9.19. The number of aromatic nitrogens is 2. The normalized spacial score (nSPS) is 11.4. The first kappa shape index (κ1) is 13.1. The summed E-state index contributed by atoms with van der Waals surface area (Å²) in [6.07, 6.45) is 3.79. The number of nitrogens with two attached hydrogens (primary N) is 1. The Hall–Kier alpha value is -2.34. The van der Waals surface area contributed by atoms with Gasteiger partial charge in [0, 0.05) is 32.4 Å². The average Bonchev–Trinajstić information content (AvgIpc) is 2.82. The van der Waals surface area contributed by atoms with Gasteiger partial charge in [0.2, 0.25) is 5.96 Å². The fraction of sp³-hybridized carbons (Fsp3) is 0.231. The SMILES string of the molecule is CN(Cc1cnn(C)c1)C(=Nc1ccccc1)NN. The van der Waals surface area contributed by atoms with Crippen molar-refractivity contribution in [1.29, 1.82) is 0 Å². The molecular formula is C13H18N6. The van der Waals surface area contributed by atoms with E-state index in [1.807, 2.05) is 61.7 Å². The minimum absolute atomic E-state index is 0.607. The minimum atomic E-state index is 0.607. The highest BCUT2D eigenvalue weighted by atomic mass is 15.4. The van der Waals surface area contributed by atoms with Crippen molar-refractivity contribution in [2.45, 2.75) is 6.54 Å². The van der Waals surface area contributed by atoms with Crippen LogP contribution in [0.25, 0.3) is 0 Å². The Bertz CT molecular complexity index is 545. The third-order valence-electron chi connectivity index (χ3n) is 2.66. The molecule has 6 heteroatoms. The zero-order chi connectivity index (χ0) is 13.7. The quantitative estimate of drug-likeness (QED) is 0.373. The highest BCUT2D eigenvalue weighted by Gasteiger charge is 2.07. The molecule has 19 heavy (non-hydrogen) atoms. The lowest BCUT2D eigenvalue weighted by Crippen LogP contribution is -2.42. The van der Waals surface area contributed by atoms with Crippen LogP contribution in [0.4, 0.5) is 5.69 Å². The maximum absolute atomic E-state index is 5.54. The Morgan fingerprint density at radius 3 is 2.74 bits per heavy atom. The van der Waals surface area contributed by atoms with Gasteiger partial charge in [-0.25, -0.2) is 10.8 Å². The molecule has 2 rings (SSSR count). The van der Waals surface area contributed by atoms with Gasteiger partial charge in [-0.3, -0.25) is 10.1 Å². The van der Waals surface area contributed by atoms with Crippen molar-refractivity contribution < 1.29 is 0 Å². The lowest BCUT2D eigenvalue weighted by atomic mass is 10.3. The van der Waals surface area contributed by atoms with Crippen LogP contribution < -0.4 is 11.3 Å². The number of aryl methyl sites for hydroxylation is 1. The smallest absolute Gasteiger partial charge is 0.213 e. The average molecular weight is 258 g/mol. The molecule has 0 bridgehead atoms. The van der Waals surface area contributed by atoms with Crippen molar-refractivity contribution in [1.82, 2.24) is 20.1 Å². The van der Waals surface area contributed by atoms with Crippen LogP contribution in [0.5, 0.6) is 0 Å². The van der Waals surface area contributed by atoms with E-state index in [1.165, 1.54) is 0 Å². The Morgan fingerprint density at radius 1 is 1.42 bits per heavy atom. The largest absolute Gasteiger partial charge is 0.340 e. The summed E-state index contributed by atoms with van der Waals surface area (Å²) < 4.78 is 1.77. The van der Waals surface area contributed by atoms with E-state index in [-0.39, 0.29) is 0 Å². The molecule has 0 aliphatic carbocycles. The minimum Gasteiger partial charge on any atom is -0.340 e. The van der Waals surface area contributed by atoms with Crippen molar-refractivity contribution in [3.05, 3.63) is 48.3 Å². The molecule has 0 aliphatic rings. The van der Waals surface area contributed by atoms with Gasteiger partial charge in [-0.2, -0.15) is 5.10 Å². The molecule has 0 atom stereocenters. The number of nitrogens with one attached hydrogen (secondary N) is 1. The number of hydrogen-bond donors (Lipinski definition) is 2. The van der Waals surface area contributed by atoms with Crippen LogP contribution in [0.3, 0.4) is 0 Å². The Balaban J connectivity index is 2.11. The number of rotatable bonds is 3. The predicted molar refractivity (Wildman–Crippen MR) is 75.5 cm³/mol. The predicted octanol–water partition coefficient (Wildman–Crippen LogP) is 1.00. The lowest BCUT2D eigenvalue weighted by molar-refractivity contribution is 0.480. The molecule has 1 aromatic heterocycles. The second-order valence-electron chi connectivity index (χ2n) is 4.29. The number of para-hydroxylation sites is 1. The van der Waals surface area contributed by atoms with E-state index in [4.69, 9.17) is 5.84 Å². The molecule has 3 N–H and O–H groups in total. The fourth-order valence-corrected chi connectivity index (χ4v) is 1.75. The van der Waals surface area contributed by atoms with E-state index in [0.29, 0.717) is 12.5 Å². The summed E-state index contributed by atoms with van der Waals surface area (Å²) in [5.41, 5.74) is 4.58. The second kappa shape index (κ2) is 6.01. The number of hydrazine groups is 1. The molecule has 0 saturated heterocycles. The fourth-order valence-electron chi connectivity index (χ4n) is 1.75. The summed E-state index contributed by atoms with van der Waals surface area (Å²) in [7, 11) is 3.82. The summed E-state index contributed by atoms with van der Waals surface area (Å²) in [4.78, 5) is 6.39. The van der Waals surface area contributed by atoms with E-state index in [9.17, 15) is 0 Å². The molecule has 0 fully saturated rings. The zero-order valence-electron chi connectivity index (χ0n) is 11.1. The molecule has 0 spiro atoms. The van der Waals surface area contributed by atoms with Crippen LogP contribution in [-0.2, 0) is 13.6 Å². The summed E-state index contributed by atoms with van der Waals surface area (Å²) in [5.74, 6) is 6.14. The van der Waals surface area contributed by atoms with Crippen molar-refractivity contribution in [3.8, 4) is 0 Å². The summed E-state index contributed by atoms with van der Waals surface area (Å²) in [5, 5.41) is 4.14. The van der Waals surface area contributed by atoms with Gasteiger partial charge in [0.05, 0.1) is 11.9 Å². The summed E-state index contributed by atoms with van der Waals surface area (Å²) >= 11 is 0. The van der Waals surface area contributed by atoms with E-state index < -0.39 is 0 Å². The highest BCUT2D eigenvalue weighted by Crippen LogP contribution is 2.11. The van der Waals surface area contributed by atoms with Gasteiger partial charge in [0.1, 0.15) is 0 Å². The first-order valence-corrected chi connectivity index (χ1v) is 5.98. The third kappa shape index (κ3) is 3.56. The van der Waals surface area contributed by atoms with Gasteiger partial charge in [0.25, 0.3) is 0 Å². The molecule has 0 aliphatic heterocycles. The molecule has 6 nitrogen and oxygen atoms in total. The van der Waals surface area contributed by atoms with E-state index in [0.717, 1.165) is 11.3 Å². The molecule has 0 radical (unpaired) electrons. The molecule has 0 amide bonds. The topological polar surface area (TPSA) is 71.5 Å². The van der Waals surface area contributed by atoms with E-state index in [1.54, 1.807) is 4.68 Å². The van der Waals surface area contributed by atoms with Gasteiger partial charge in [0.15, 0.2) is 0 Å². The Morgan fingerprint density at radius 2 is 2.16 bits per heavy atom. The van der Waals surface area contributed by atoms with Crippen LogP contribution >= 0.6 is 0 Å². The maximum Gasteiger partial charge on any atom is 0.213 e. The van der Waals surface area contributed by atoms with Crippen LogP contribution in [-0.4, -0.2) is 27.7 Å². The van der Waals surface area contributed by atoms with Crippen molar-refractivity contribution >= 4 is 11.6 Å². The lowest BCUT2D eigenvalue weighted by Gasteiger charge is -2.19. The third-order valence-corrected chi connectivity index (χ3v) is 2.66. The van der Waals surface area contributed by atoms with Crippen LogP contribution in [0, 0.1) is 0 Å². The van der Waals surface area contributed by atoms with Crippen molar-refractivity contribution in [2.24, 2.45) is 17.9 Å². The molecular weight excluding hydrogens is 240 g/mol. The van der Waals surface area contributed by atoms with Crippen molar-refractivity contribution in [2.75, 3.05) is 7.05 Å². The van der Waals surface area contributed by atoms with Gasteiger partial charge < -0.3 is 4.90 Å². The van der Waals surface area contributed by atoms with Crippen LogP contribution in [0.15, 0.2) is 47.7 Å². The number of nitrogens with zero attached hydrogens (tertiary/aromatic N) is 4. The molecule has 1 heterocycles. The summed E-state index contributed by atoms with van der Waals surface area (Å²) in [6, 6.07) is 9.68. The molecule has 0 saturated carbocycles. The monoisotopic (exact) mass is 258 g/mol. The standard InChI is InChI=1S/C13H18N6/c1-18(9-11-8-15-19(2)10-11)13(17-14)16-12-6-4-3-5-7-12/h3-8,10H,9,14H2,1-2H3,(H,16,17). The number of aliphatic imine (C=N–C) groups is 1. The number of benzene rings is 1. The number of hydrogen-bond acceptors (Lipinski definition) is 3. The van der Waals surface area contributed by atoms with Crippen molar-refractivity contribution in [3.63, 3.8) is 0 Å². The highest BCUT2D eigenvalue weighted by molar-refractivity contribution is 5.81. The van der Waals surface area contributed by atoms with Crippen LogP contribution in [0.1, 0.15) is 5.56 Å². The zero-order valence-corrected chi connectivity index (χ0v) is 11.1. The Labute approximate surface area is 112 Å². The number of guanidine groups is 1. The van der Waals surface area contributed by atoms with Gasteiger partial charge >= 0.3 is 0 Å². The van der Waals surface area contributed by atoms with Gasteiger partial charge in [-0.05, 0) is 12.1 Å². The summed E-state index contributed by atoms with van der Waals surface area (Å²) in [6.45, 7) is 0.684. The second-order valence-corrected chi connectivity index (χ2v) is 4.29. The van der Waals surface area contributed by atoms with E-state index >= 15 is 0 Å². The van der Waals surface area contributed by atoms with E-state index in [2.05, 4.69) is 15.5 Å². The van der Waals surface area contributed by atoms with Gasteiger partial charge in [-0.15, -0.1) is 0 Å². The maximum atomic E-state index is 5.54. The first-order valence-electron chi connectivity index (χ1n) is 5.98. The Kier molecular flexibility index (Phi) is 4.15. The molecule has 0 unspecified atom stereocenters. The molecule has 1 aromatic carbocycles. The van der Waals surface area contributed by atoms with Gasteiger partial charge in [-0.1, -0.05) is 18.2 Å². The molecule has 100 valence electrons. The van der Waals surface area contributed by atoms with Crippen LogP contribution in [0.2, 0.25) is 0 Å².